The molecule has 0 saturated carbocycles. The smallest absolute Gasteiger partial charge is 0.275 e. The first-order valence-corrected chi connectivity index (χ1v) is 9.46. The molecule has 0 aliphatic carbocycles. The number of aromatic nitrogens is 1. The van der Waals surface area contributed by atoms with Gasteiger partial charge >= 0.3 is 0 Å². The highest BCUT2D eigenvalue weighted by Crippen LogP contribution is 2.32. The van der Waals surface area contributed by atoms with Crippen molar-refractivity contribution in [2.75, 3.05) is 13.1 Å². The molecule has 0 spiro atoms. The summed E-state index contributed by atoms with van der Waals surface area (Å²) >= 11 is 0. The minimum absolute atomic E-state index is 0.00933. The fraction of sp³-hybridized carbons (Fsp3) is 0.381. The van der Waals surface area contributed by atoms with Crippen molar-refractivity contribution in [1.82, 2.24) is 14.8 Å². The predicted octanol–water partition coefficient (Wildman–Crippen LogP) is 3.01. The zero-order chi connectivity index (χ0) is 19.7. The topological polar surface area (TPSA) is 53.5 Å². The lowest BCUT2D eigenvalue weighted by atomic mass is 9.98. The lowest BCUT2D eigenvalue weighted by Gasteiger charge is -2.30. The van der Waals surface area contributed by atoms with Crippen LogP contribution in [0.25, 0.3) is 0 Å². The Morgan fingerprint density at radius 3 is 2.82 bits per heavy atom. The van der Waals surface area contributed by atoms with Crippen molar-refractivity contribution in [1.29, 1.82) is 0 Å². The summed E-state index contributed by atoms with van der Waals surface area (Å²) < 4.78 is 27.5. The van der Waals surface area contributed by atoms with Gasteiger partial charge in [0.05, 0.1) is 6.04 Å². The number of carbonyl (C=O) groups is 2. The number of pyridine rings is 1. The van der Waals surface area contributed by atoms with Crippen LogP contribution in [0.15, 0.2) is 42.6 Å². The van der Waals surface area contributed by atoms with Crippen molar-refractivity contribution < 1.29 is 18.4 Å². The van der Waals surface area contributed by atoms with Gasteiger partial charge < -0.3 is 9.80 Å². The second kappa shape index (κ2) is 7.66. The van der Waals surface area contributed by atoms with Gasteiger partial charge in [-0.1, -0.05) is 12.1 Å². The number of carbonyl (C=O) groups excluding carboxylic acids is 2. The highest BCUT2D eigenvalue weighted by atomic mass is 19.1. The molecule has 3 heterocycles. The Labute approximate surface area is 162 Å². The molecule has 0 bridgehead atoms. The van der Waals surface area contributed by atoms with Gasteiger partial charge in [0.25, 0.3) is 5.91 Å². The Balaban J connectivity index is 1.56. The van der Waals surface area contributed by atoms with Gasteiger partial charge in [0, 0.05) is 32.3 Å². The monoisotopic (exact) mass is 385 g/mol. The quantitative estimate of drug-likeness (QED) is 0.816. The minimum atomic E-state index is -0.646. The molecule has 2 atom stereocenters. The van der Waals surface area contributed by atoms with Crippen LogP contribution in [0.5, 0.6) is 0 Å². The number of fused-ring (bicyclic) bond motifs is 1. The summed E-state index contributed by atoms with van der Waals surface area (Å²) in [6.45, 7) is 1.10. The van der Waals surface area contributed by atoms with E-state index in [2.05, 4.69) is 4.98 Å². The van der Waals surface area contributed by atoms with Gasteiger partial charge in [-0.05, 0) is 48.6 Å². The molecular weight excluding hydrogens is 364 g/mol. The van der Waals surface area contributed by atoms with Gasteiger partial charge in [-0.3, -0.25) is 9.59 Å². The van der Waals surface area contributed by atoms with Gasteiger partial charge in [0.1, 0.15) is 5.82 Å². The number of likely N-dealkylation sites (tertiary alicyclic amines) is 2. The average Bonchev–Trinajstić information content (AvgIpc) is 3.04. The third-order valence-electron chi connectivity index (χ3n) is 5.58. The molecule has 2 aliphatic rings. The molecule has 0 radical (unpaired) electrons. The number of nitrogens with zero attached hydrogens (tertiary/aromatic N) is 3. The molecule has 2 aromatic rings. The fourth-order valence-corrected chi connectivity index (χ4v) is 4.23. The third kappa shape index (κ3) is 3.61. The number of hydrogen-bond acceptors (Lipinski definition) is 3. The van der Waals surface area contributed by atoms with E-state index in [-0.39, 0.29) is 29.4 Å². The number of benzene rings is 1. The average molecular weight is 385 g/mol. The van der Waals surface area contributed by atoms with Gasteiger partial charge in [0.15, 0.2) is 11.5 Å². The first-order chi connectivity index (χ1) is 13.5. The van der Waals surface area contributed by atoms with Crippen molar-refractivity contribution in [3.8, 4) is 0 Å². The molecule has 2 aliphatic heterocycles. The summed E-state index contributed by atoms with van der Waals surface area (Å²) in [5, 5.41) is 0. The van der Waals surface area contributed by atoms with Crippen LogP contribution in [-0.4, -0.2) is 45.7 Å². The molecule has 5 nitrogen and oxygen atoms in total. The Bertz CT molecular complexity index is 905. The van der Waals surface area contributed by atoms with Crippen LogP contribution in [0.4, 0.5) is 8.78 Å². The Hall–Kier alpha value is -2.83. The third-order valence-corrected chi connectivity index (χ3v) is 5.58. The number of halogens is 2. The van der Waals surface area contributed by atoms with Crippen LogP contribution in [0.2, 0.25) is 0 Å². The first kappa shape index (κ1) is 18.5. The Morgan fingerprint density at radius 2 is 2.04 bits per heavy atom. The van der Waals surface area contributed by atoms with E-state index < -0.39 is 11.7 Å². The summed E-state index contributed by atoms with van der Waals surface area (Å²) in [6, 6.07) is 8.71. The lowest BCUT2D eigenvalue weighted by molar-refractivity contribution is -0.133. The van der Waals surface area contributed by atoms with E-state index in [0.717, 1.165) is 18.4 Å². The van der Waals surface area contributed by atoms with Crippen LogP contribution < -0.4 is 0 Å². The fourth-order valence-electron chi connectivity index (χ4n) is 4.23. The summed E-state index contributed by atoms with van der Waals surface area (Å²) in [5.41, 5.74) is 0.525. The molecular formula is C21H21F2N3O2. The highest BCUT2D eigenvalue weighted by molar-refractivity contribution is 5.93. The van der Waals surface area contributed by atoms with Crippen molar-refractivity contribution in [2.24, 2.45) is 5.92 Å². The molecule has 1 aromatic carbocycles. The molecule has 2 amide bonds. The standard InChI is InChI=1S/C21H21F2N3O2/c22-16-6-1-4-14(10-16)11-26-18-13-25(12-15(18)5-2-8-19(26)27)21(28)20-17(23)7-3-9-24-20/h1,3-4,6-7,9-10,15,18H,2,5,8,11-13H2. The second-order valence-corrected chi connectivity index (χ2v) is 7.42. The molecule has 2 saturated heterocycles. The van der Waals surface area contributed by atoms with Crippen LogP contribution >= 0.6 is 0 Å². The van der Waals surface area contributed by atoms with E-state index in [9.17, 15) is 18.4 Å². The molecule has 146 valence electrons. The van der Waals surface area contributed by atoms with Crippen molar-refractivity contribution in [2.45, 2.75) is 31.8 Å². The van der Waals surface area contributed by atoms with Crippen LogP contribution in [0.3, 0.4) is 0 Å². The summed E-state index contributed by atoms with van der Waals surface area (Å²) in [6.07, 6.45) is 3.42. The van der Waals surface area contributed by atoms with E-state index in [1.807, 2.05) is 0 Å². The molecule has 28 heavy (non-hydrogen) atoms. The molecule has 2 unspecified atom stereocenters. The second-order valence-electron chi connectivity index (χ2n) is 7.42. The van der Waals surface area contributed by atoms with E-state index >= 15 is 0 Å². The van der Waals surface area contributed by atoms with Gasteiger partial charge in [-0.15, -0.1) is 0 Å². The molecule has 0 N–H and O–H groups in total. The maximum absolute atomic E-state index is 14.0. The van der Waals surface area contributed by atoms with Crippen molar-refractivity contribution in [3.05, 3.63) is 65.5 Å². The van der Waals surface area contributed by atoms with Crippen LogP contribution in [-0.2, 0) is 11.3 Å². The van der Waals surface area contributed by atoms with E-state index in [1.54, 1.807) is 21.9 Å². The van der Waals surface area contributed by atoms with Crippen LogP contribution in [0, 0.1) is 17.6 Å². The van der Waals surface area contributed by atoms with E-state index in [0.29, 0.717) is 26.1 Å². The highest BCUT2D eigenvalue weighted by Gasteiger charge is 2.42. The van der Waals surface area contributed by atoms with Gasteiger partial charge in [-0.2, -0.15) is 0 Å². The van der Waals surface area contributed by atoms with Crippen LogP contribution in [0.1, 0.15) is 35.3 Å². The summed E-state index contributed by atoms with van der Waals surface area (Å²) in [4.78, 5) is 32.7. The molecule has 7 heteroatoms. The number of rotatable bonds is 3. The first-order valence-electron chi connectivity index (χ1n) is 9.46. The lowest BCUT2D eigenvalue weighted by Crippen LogP contribution is -2.43. The summed E-state index contributed by atoms with van der Waals surface area (Å²) in [7, 11) is 0. The molecule has 4 rings (SSSR count). The van der Waals surface area contributed by atoms with Gasteiger partial charge in [-0.25, -0.2) is 13.8 Å². The maximum Gasteiger partial charge on any atom is 0.275 e. The number of amides is 2. The maximum atomic E-state index is 14.0. The zero-order valence-corrected chi connectivity index (χ0v) is 15.4. The van der Waals surface area contributed by atoms with Gasteiger partial charge in [0.2, 0.25) is 5.91 Å². The Morgan fingerprint density at radius 1 is 1.18 bits per heavy atom. The van der Waals surface area contributed by atoms with E-state index in [1.165, 1.54) is 30.5 Å². The largest absolute Gasteiger partial charge is 0.335 e. The predicted molar refractivity (Wildman–Crippen MR) is 98.2 cm³/mol. The Kier molecular flexibility index (Phi) is 5.07. The molecule has 1 aromatic heterocycles. The SMILES string of the molecule is O=C(c1ncccc1F)N1CC2CCCC(=O)N(Cc3cccc(F)c3)C2C1. The van der Waals surface area contributed by atoms with Crippen molar-refractivity contribution >= 4 is 11.8 Å². The molecule has 2 fully saturated rings. The minimum Gasteiger partial charge on any atom is -0.335 e. The number of hydrogen-bond donors (Lipinski definition) is 0. The zero-order valence-electron chi connectivity index (χ0n) is 15.4. The van der Waals surface area contributed by atoms with E-state index in [4.69, 9.17) is 0 Å². The van der Waals surface area contributed by atoms with Crippen molar-refractivity contribution in [3.63, 3.8) is 0 Å². The summed E-state index contributed by atoms with van der Waals surface area (Å²) in [5.74, 6) is -1.31. The normalized spacial score (nSPS) is 22.1.